The third-order valence-electron chi connectivity index (χ3n) is 0.875. The predicted octanol–water partition coefficient (Wildman–Crippen LogP) is 2.25. The Morgan fingerprint density at radius 2 is 1.73 bits per heavy atom. The van der Waals surface area contributed by atoms with Crippen molar-refractivity contribution in [3.05, 3.63) is 0 Å². The van der Waals surface area contributed by atoms with Crippen molar-refractivity contribution in [1.29, 1.82) is 5.26 Å². The SMILES string of the molecule is CC(C)(Cl)[C]=NC(C)(C)C#N. The molecule has 0 saturated heterocycles. The van der Waals surface area contributed by atoms with E-state index in [0.717, 1.165) is 0 Å². The number of rotatable bonds is 2. The van der Waals surface area contributed by atoms with Gasteiger partial charge in [-0.05, 0) is 27.7 Å². The lowest BCUT2D eigenvalue weighted by Crippen LogP contribution is -2.19. The van der Waals surface area contributed by atoms with E-state index in [1.807, 2.05) is 6.07 Å². The molecule has 61 valence electrons. The molecule has 0 heterocycles. The van der Waals surface area contributed by atoms with Crippen LogP contribution >= 0.6 is 11.6 Å². The van der Waals surface area contributed by atoms with Crippen LogP contribution in [0.1, 0.15) is 27.7 Å². The minimum Gasteiger partial charge on any atom is -0.265 e. The largest absolute Gasteiger partial charge is 0.265 e. The van der Waals surface area contributed by atoms with Crippen LogP contribution in [-0.2, 0) is 0 Å². The fraction of sp³-hybridized carbons (Fsp3) is 0.750. The van der Waals surface area contributed by atoms with E-state index in [9.17, 15) is 0 Å². The zero-order valence-electron chi connectivity index (χ0n) is 7.27. The Morgan fingerprint density at radius 1 is 1.27 bits per heavy atom. The number of halogens is 1. The fourth-order valence-corrected chi connectivity index (χ4v) is 0.340. The van der Waals surface area contributed by atoms with E-state index < -0.39 is 10.4 Å². The van der Waals surface area contributed by atoms with Gasteiger partial charge >= 0.3 is 0 Å². The maximum Gasteiger partial charge on any atom is 0.141 e. The third kappa shape index (κ3) is 5.87. The molecule has 0 aliphatic carbocycles. The molecule has 0 N–H and O–H groups in total. The van der Waals surface area contributed by atoms with Gasteiger partial charge in [0.15, 0.2) is 0 Å². The second-order valence-corrected chi connectivity index (χ2v) is 4.31. The average molecular weight is 172 g/mol. The maximum absolute atomic E-state index is 8.56. The second kappa shape index (κ2) is 3.23. The molecule has 0 fully saturated rings. The highest BCUT2D eigenvalue weighted by molar-refractivity contribution is 6.31. The van der Waals surface area contributed by atoms with Crippen molar-refractivity contribution in [3.63, 3.8) is 0 Å². The molecule has 0 aliphatic rings. The normalized spacial score (nSPS) is 13.5. The average Bonchev–Trinajstić information content (AvgIpc) is 1.83. The number of hydrogen-bond donors (Lipinski definition) is 0. The molecule has 0 amide bonds. The van der Waals surface area contributed by atoms with Crippen LogP contribution in [0.25, 0.3) is 0 Å². The molecule has 0 aromatic rings. The molecule has 3 heteroatoms. The summed E-state index contributed by atoms with van der Waals surface area (Å²) in [5, 5.41) is 8.56. The van der Waals surface area contributed by atoms with E-state index in [-0.39, 0.29) is 0 Å². The minimum absolute atomic E-state index is 0.589. The molecule has 0 rings (SSSR count). The van der Waals surface area contributed by atoms with Crippen molar-refractivity contribution >= 4 is 17.8 Å². The van der Waals surface area contributed by atoms with E-state index in [1.54, 1.807) is 27.7 Å². The summed E-state index contributed by atoms with van der Waals surface area (Å²) in [6.45, 7) is 6.96. The lowest BCUT2D eigenvalue weighted by Gasteiger charge is -2.11. The van der Waals surface area contributed by atoms with E-state index in [1.165, 1.54) is 0 Å². The summed E-state index contributed by atoms with van der Waals surface area (Å²) in [5.41, 5.74) is -0.716. The summed E-state index contributed by atoms with van der Waals surface area (Å²) in [6, 6.07) is 2.03. The fourth-order valence-electron chi connectivity index (χ4n) is 0.298. The molecule has 0 aromatic heterocycles. The van der Waals surface area contributed by atoms with Crippen LogP contribution in [0, 0.1) is 11.3 Å². The summed E-state index contributed by atoms with van der Waals surface area (Å²) >= 11 is 5.78. The summed E-state index contributed by atoms with van der Waals surface area (Å²) in [5.74, 6) is 0. The quantitative estimate of drug-likeness (QED) is 0.464. The molecule has 2 nitrogen and oxygen atoms in total. The van der Waals surface area contributed by atoms with Crippen molar-refractivity contribution in [1.82, 2.24) is 0 Å². The third-order valence-corrected chi connectivity index (χ3v) is 0.959. The first kappa shape index (κ1) is 10.4. The molecule has 0 spiro atoms. The standard InChI is InChI=1S/C8H12ClN2/c1-7(2,9)6-11-8(3,4)5-10/h1-4H3. The highest BCUT2D eigenvalue weighted by Crippen LogP contribution is 2.12. The zero-order chi connectivity index (χ0) is 9.12. The first-order chi connectivity index (χ1) is 4.77. The van der Waals surface area contributed by atoms with Gasteiger partial charge in [0.25, 0.3) is 0 Å². The van der Waals surface area contributed by atoms with E-state index in [4.69, 9.17) is 16.9 Å². The van der Waals surface area contributed by atoms with Crippen LogP contribution in [0.5, 0.6) is 0 Å². The van der Waals surface area contributed by atoms with Crippen molar-refractivity contribution in [2.75, 3.05) is 0 Å². The van der Waals surface area contributed by atoms with Crippen LogP contribution in [-0.4, -0.2) is 16.6 Å². The molecule has 11 heavy (non-hydrogen) atoms. The lowest BCUT2D eigenvalue weighted by atomic mass is 10.1. The first-order valence-corrected chi connectivity index (χ1v) is 3.74. The molecular weight excluding hydrogens is 160 g/mol. The molecule has 0 aliphatic heterocycles. The molecule has 1 radical (unpaired) electrons. The minimum atomic E-state index is -0.716. The van der Waals surface area contributed by atoms with Gasteiger partial charge in [-0.1, -0.05) is 0 Å². The van der Waals surface area contributed by atoms with Gasteiger partial charge in [0.2, 0.25) is 0 Å². The van der Waals surface area contributed by atoms with Crippen molar-refractivity contribution < 1.29 is 0 Å². The van der Waals surface area contributed by atoms with Gasteiger partial charge in [0, 0.05) is 0 Å². The highest BCUT2D eigenvalue weighted by Gasteiger charge is 2.17. The number of alkyl halides is 1. The molecule has 0 unspecified atom stereocenters. The Kier molecular flexibility index (Phi) is 3.07. The maximum atomic E-state index is 8.56. The molecular formula is C8H12ClN2. The summed E-state index contributed by atoms with van der Waals surface area (Å²) < 4.78 is 0. The van der Waals surface area contributed by atoms with E-state index >= 15 is 0 Å². The van der Waals surface area contributed by atoms with Crippen LogP contribution in [0.3, 0.4) is 0 Å². The molecule has 0 aromatic carbocycles. The Labute approximate surface area is 72.9 Å². The smallest absolute Gasteiger partial charge is 0.141 e. The highest BCUT2D eigenvalue weighted by atomic mass is 35.5. The summed E-state index contributed by atoms with van der Waals surface area (Å²) in [6.07, 6.45) is 2.68. The number of nitrogens with zero attached hydrogens (tertiary/aromatic N) is 2. The Balaban J connectivity index is 4.28. The van der Waals surface area contributed by atoms with Gasteiger partial charge in [0.05, 0.1) is 17.2 Å². The van der Waals surface area contributed by atoms with Gasteiger partial charge in [-0.15, -0.1) is 11.6 Å². The number of nitriles is 1. The Morgan fingerprint density at radius 3 is 2.00 bits per heavy atom. The van der Waals surface area contributed by atoms with Gasteiger partial charge in [-0.3, -0.25) is 4.99 Å². The predicted molar refractivity (Wildman–Crippen MR) is 47.1 cm³/mol. The zero-order valence-corrected chi connectivity index (χ0v) is 8.03. The topological polar surface area (TPSA) is 36.1 Å². The van der Waals surface area contributed by atoms with Crippen molar-refractivity contribution in [2.24, 2.45) is 4.99 Å². The Hall–Kier alpha value is -0.550. The van der Waals surface area contributed by atoms with E-state index in [2.05, 4.69) is 11.2 Å². The monoisotopic (exact) mass is 171 g/mol. The van der Waals surface area contributed by atoms with Gasteiger partial charge in [0.1, 0.15) is 5.54 Å². The summed E-state index contributed by atoms with van der Waals surface area (Å²) in [4.78, 5) is 3.31. The second-order valence-electron chi connectivity index (χ2n) is 3.37. The molecule has 0 atom stereocenters. The lowest BCUT2D eigenvalue weighted by molar-refractivity contribution is 0.670. The Bertz CT molecular complexity index is 193. The van der Waals surface area contributed by atoms with Gasteiger partial charge in [-0.2, -0.15) is 5.26 Å². The van der Waals surface area contributed by atoms with Crippen LogP contribution in [0.15, 0.2) is 4.99 Å². The number of aliphatic imine (C=N–C) groups is 1. The van der Waals surface area contributed by atoms with Crippen LogP contribution < -0.4 is 0 Å². The van der Waals surface area contributed by atoms with Crippen molar-refractivity contribution in [3.8, 4) is 6.07 Å². The van der Waals surface area contributed by atoms with E-state index in [0.29, 0.717) is 0 Å². The summed E-state index contributed by atoms with van der Waals surface area (Å²) in [7, 11) is 0. The molecule has 0 saturated carbocycles. The number of hydrogen-bond acceptors (Lipinski definition) is 2. The van der Waals surface area contributed by atoms with Crippen molar-refractivity contribution in [2.45, 2.75) is 38.1 Å². The van der Waals surface area contributed by atoms with Gasteiger partial charge in [-0.25, -0.2) is 0 Å². The van der Waals surface area contributed by atoms with Crippen LogP contribution in [0.2, 0.25) is 0 Å². The van der Waals surface area contributed by atoms with Gasteiger partial charge < -0.3 is 0 Å². The van der Waals surface area contributed by atoms with Crippen LogP contribution in [0.4, 0.5) is 0 Å². The molecule has 0 bridgehead atoms. The first-order valence-electron chi connectivity index (χ1n) is 3.36.